The van der Waals surface area contributed by atoms with Crippen molar-refractivity contribution in [1.29, 1.82) is 0 Å². The van der Waals surface area contributed by atoms with Crippen LogP contribution in [0.2, 0.25) is 0 Å². The zero-order valence-corrected chi connectivity index (χ0v) is 12.6. The van der Waals surface area contributed by atoms with E-state index in [1.54, 1.807) is 7.11 Å². The van der Waals surface area contributed by atoms with Gasteiger partial charge in [0, 0.05) is 31.7 Å². The number of hydrogen-bond donors (Lipinski definition) is 2. The van der Waals surface area contributed by atoms with E-state index in [1.165, 1.54) is 5.56 Å². The summed E-state index contributed by atoms with van der Waals surface area (Å²) in [4.78, 5) is 10.4. The molecule has 1 aliphatic rings. The van der Waals surface area contributed by atoms with Crippen molar-refractivity contribution in [3.8, 4) is 17.0 Å². The first-order valence-corrected chi connectivity index (χ1v) is 7.38. The van der Waals surface area contributed by atoms with Crippen LogP contribution in [0.1, 0.15) is 11.4 Å². The molecule has 2 heterocycles. The van der Waals surface area contributed by atoms with Crippen LogP contribution in [0.25, 0.3) is 11.3 Å². The van der Waals surface area contributed by atoms with Gasteiger partial charge in [-0.05, 0) is 19.1 Å². The van der Waals surface area contributed by atoms with Gasteiger partial charge in [-0.25, -0.2) is 4.98 Å². The van der Waals surface area contributed by atoms with Crippen LogP contribution >= 0.6 is 0 Å². The summed E-state index contributed by atoms with van der Waals surface area (Å²) in [5, 5.41) is 3.36. The maximum absolute atomic E-state index is 5.45. The molecule has 1 aromatic carbocycles. The van der Waals surface area contributed by atoms with E-state index in [0.717, 1.165) is 55.6 Å². The monoisotopic (exact) mass is 286 g/mol. The second kappa shape index (κ2) is 6.28. The number of imidazole rings is 1. The Morgan fingerprint density at radius 2 is 2.10 bits per heavy atom. The molecule has 5 nitrogen and oxygen atoms in total. The summed E-state index contributed by atoms with van der Waals surface area (Å²) in [5.74, 6) is 1.88. The topological polar surface area (TPSA) is 53.2 Å². The van der Waals surface area contributed by atoms with E-state index < -0.39 is 0 Å². The van der Waals surface area contributed by atoms with E-state index in [9.17, 15) is 0 Å². The Hall–Kier alpha value is -1.85. The number of nitrogens with zero attached hydrogens (tertiary/aromatic N) is 2. The van der Waals surface area contributed by atoms with Crippen molar-refractivity contribution in [2.75, 3.05) is 33.3 Å². The molecular weight excluding hydrogens is 264 g/mol. The molecule has 5 heteroatoms. The van der Waals surface area contributed by atoms with Crippen LogP contribution in [0.15, 0.2) is 24.4 Å². The average Bonchev–Trinajstić information content (AvgIpc) is 2.96. The molecule has 0 unspecified atom stereocenters. The molecule has 0 amide bonds. The smallest absolute Gasteiger partial charge is 0.128 e. The summed E-state index contributed by atoms with van der Waals surface area (Å²) >= 11 is 0. The Labute approximate surface area is 125 Å². The number of piperazine rings is 1. The highest BCUT2D eigenvalue weighted by molar-refractivity contribution is 5.67. The van der Waals surface area contributed by atoms with Crippen LogP contribution in [0, 0.1) is 6.92 Å². The maximum Gasteiger partial charge on any atom is 0.128 e. The van der Waals surface area contributed by atoms with Crippen molar-refractivity contribution >= 4 is 0 Å². The van der Waals surface area contributed by atoms with Crippen molar-refractivity contribution in [1.82, 2.24) is 20.2 Å². The van der Waals surface area contributed by atoms with Gasteiger partial charge in [-0.3, -0.25) is 4.90 Å². The molecule has 0 aliphatic carbocycles. The van der Waals surface area contributed by atoms with Gasteiger partial charge < -0.3 is 15.0 Å². The van der Waals surface area contributed by atoms with Crippen LogP contribution in [0.4, 0.5) is 0 Å². The summed E-state index contributed by atoms with van der Waals surface area (Å²) in [6.07, 6.45) is 1.90. The number of aromatic nitrogens is 2. The Bertz CT molecular complexity index is 602. The Morgan fingerprint density at radius 3 is 2.86 bits per heavy atom. The molecule has 0 atom stereocenters. The van der Waals surface area contributed by atoms with E-state index in [1.807, 2.05) is 12.3 Å². The quantitative estimate of drug-likeness (QED) is 0.900. The second-order valence-electron chi connectivity index (χ2n) is 5.47. The molecule has 1 aliphatic heterocycles. The number of aromatic amines is 1. The molecular formula is C16H22N4O. The summed E-state index contributed by atoms with van der Waals surface area (Å²) in [7, 11) is 1.70. The number of rotatable bonds is 4. The SMILES string of the molecule is COc1ccc(C)cc1-c1cnc(CN2CCNCC2)[nH]1. The van der Waals surface area contributed by atoms with Crippen molar-refractivity contribution in [2.45, 2.75) is 13.5 Å². The lowest BCUT2D eigenvalue weighted by Gasteiger charge is -2.26. The fraction of sp³-hybridized carbons (Fsp3) is 0.438. The van der Waals surface area contributed by atoms with Crippen molar-refractivity contribution < 1.29 is 4.74 Å². The minimum absolute atomic E-state index is 0.871. The van der Waals surface area contributed by atoms with E-state index >= 15 is 0 Å². The van der Waals surface area contributed by atoms with Gasteiger partial charge in [0.2, 0.25) is 0 Å². The maximum atomic E-state index is 5.45. The molecule has 1 aromatic heterocycles. The van der Waals surface area contributed by atoms with Crippen molar-refractivity contribution in [3.05, 3.63) is 35.8 Å². The summed E-state index contributed by atoms with van der Waals surface area (Å²) < 4.78 is 5.45. The number of nitrogens with one attached hydrogen (secondary N) is 2. The minimum Gasteiger partial charge on any atom is -0.496 e. The van der Waals surface area contributed by atoms with Gasteiger partial charge in [0.15, 0.2) is 0 Å². The molecule has 3 rings (SSSR count). The highest BCUT2D eigenvalue weighted by Crippen LogP contribution is 2.29. The minimum atomic E-state index is 0.871. The van der Waals surface area contributed by atoms with Crippen LogP contribution in [0.3, 0.4) is 0 Å². The summed E-state index contributed by atoms with van der Waals surface area (Å²) in [6, 6.07) is 6.18. The summed E-state index contributed by atoms with van der Waals surface area (Å²) in [6.45, 7) is 7.21. The van der Waals surface area contributed by atoms with Crippen LogP contribution < -0.4 is 10.1 Å². The van der Waals surface area contributed by atoms with Gasteiger partial charge in [0.1, 0.15) is 11.6 Å². The van der Waals surface area contributed by atoms with E-state index in [4.69, 9.17) is 4.74 Å². The van der Waals surface area contributed by atoms with E-state index in [2.05, 4.69) is 39.2 Å². The van der Waals surface area contributed by atoms with E-state index in [0.29, 0.717) is 0 Å². The molecule has 0 radical (unpaired) electrons. The van der Waals surface area contributed by atoms with Crippen molar-refractivity contribution in [2.24, 2.45) is 0 Å². The first-order chi connectivity index (χ1) is 10.3. The van der Waals surface area contributed by atoms with Gasteiger partial charge in [0.25, 0.3) is 0 Å². The zero-order valence-electron chi connectivity index (χ0n) is 12.6. The largest absolute Gasteiger partial charge is 0.496 e. The van der Waals surface area contributed by atoms with Crippen LogP contribution in [-0.4, -0.2) is 48.2 Å². The lowest BCUT2D eigenvalue weighted by Crippen LogP contribution is -2.43. The molecule has 2 N–H and O–H groups in total. The molecule has 1 saturated heterocycles. The zero-order chi connectivity index (χ0) is 14.7. The predicted molar refractivity (Wildman–Crippen MR) is 83.5 cm³/mol. The number of ether oxygens (including phenoxy) is 1. The van der Waals surface area contributed by atoms with Crippen LogP contribution in [-0.2, 0) is 6.54 Å². The molecule has 0 spiro atoms. The molecule has 1 fully saturated rings. The number of methoxy groups -OCH3 is 1. The predicted octanol–water partition coefficient (Wildman–Crippen LogP) is 1.80. The molecule has 0 bridgehead atoms. The normalized spacial score (nSPS) is 16.1. The molecule has 0 saturated carbocycles. The summed E-state index contributed by atoms with van der Waals surface area (Å²) in [5.41, 5.74) is 3.29. The lowest BCUT2D eigenvalue weighted by atomic mass is 10.1. The number of H-pyrrole nitrogens is 1. The second-order valence-corrected chi connectivity index (χ2v) is 5.47. The Kier molecular flexibility index (Phi) is 4.22. The Balaban J connectivity index is 1.79. The lowest BCUT2D eigenvalue weighted by molar-refractivity contribution is 0.228. The Morgan fingerprint density at radius 1 is 1.29 bits per heavy atom. The number of aryl methyl sites for hydroxylation is 1. The van der Waals surface area contributed by atoms with Gasteiger partial charge in [-0.1, -0.05) is 11.6 Å². The fourth-order valence-electron chi connectivity index (χ4n) is 2.69. The molecule has 21 heavy (non-hydrogen) atoms. The van der Waals surface area contributed by atoms with Gasteiger partial charge in [0.05, 0.1) is 25.5 Å². The fourth-order valence-corrected chi connectivity index (χ4v) is 2.69. The van der Waals surface area contributed by atoms with Gasteiger partial charge in [-0.15, -0.1) is 0 Å². The third-order valence-electron chi connectivity index (χ3n) is 3.86. The standard InChI is InChI=1S/C16H22N4O/c1-12-3-4-15(21-2)13(9-12)14-10-18-16(19-14)11-20-7-5-17-6-8-20/h3-4,9-10,17H,5-8,11H2,1-2H3,(H,18,19). The number of hydrogen-bond acceptors (Lipinski definition) is 4. The first-order valence-electron chi connectivity index (χ1n) is 7.38. The third kappa shape index (κ3) is 3.25. The van der Waals surface area contributed by atoms with Gasteiger partial charge in [-0.2, -0.15) is 0 Å². The van der Waals surface area contributed by atoms with E-state index in [-0.39, 0.29) is 0 Å². The van der Waals surface area contributed by atoms with Gasteiger partial charge >= 0.3 is 0 Å². The molecule has 2 aromatic rings. The highest BCUT2D eigenvalue weighted by Gasteiger charge is 2.13. The highest BCUT2D eigenvalue weighted by atomic mass is 16.5. The van der Waals surface area contributed by atoms with Crippen molar-refractivity contribution in [3.63, 3.8) is 0 Å². The molecule has 112 valence electrons. The first kappa shape index (κ1) is 14.1. The number of benzene rings is 1. The third-order valence-corrected chi connectivity index (χ3v) is 3.86. The van der Waals surface area contributed by atoms with Crippen LogP contribution in [0.5, 0.6) is 5.75 Å². The average molecular weight is 286 g/mol.